The second-order valence-corrected chi connectivity index (χ2v) is 45.1. The van der Waals surface area contributed by atoms with Gasteiger partial charge in [-0.15, -0.1) is 11.6 Å². The van der Waals surface area contributed by atoms with Gasteiger partial charge in [0.15, 0.2) is 61.2 Å². The SMILES string of the molecule is C.CC(O)(C[n+]1ccn(CC(O)(P(=O)(O)O)P(=O)(O)O)c1)P(=O)(O)O.COC(=O)CCl.COC(=O)Cn1cc[n+](CC(=O)O)c1.COC(=O)Cn1cc[n+](CC(=O)OC)c1.C[Si](C)(C)n1ccnc1.O.O=C(O)C[n+]1ccn(CC(O)(P(=O)(O)O)P(=O)(O)O)c1.O=P([O-])(O)C(O)CN1C=CN(CC(O)(P(=O)([O-])[O-])P(=O)([O-])O)C1.O=[P+]([O-])[O-].[Cl-].[Cl-].[Cl-].[Cl-].[Na+].[OH-]. The van der Waals surface area contributed by atoms with Gasteiger partial charge in [0.1, 0.15) is 80.9 Å². The third-order valence-electron chi connectivity index (χ3n) is 13.6. The number of carboxylic acid groups (broad SMARTS) is 2. The average Bonchev–Trinajstić information content (AvgIpc) is 1.61. The molecular weight excluding hydrogens is 2000 g/mol. The molecule has 5 atom stereocenters. The number of ether oxygens (including phenoxy) is 4. The smallest absolute Gasteiger partial charge is 1.00 e. The number of nitrogens with zero attached hydrogens (tertiary/aromatic N) is 12. The van der Waals surface area contributed by atoms with Crippen LogP contribution in [0.15, 0.2) is 106 Å². The van der Waals surface area contributed by atoms with E-state index in [9.17, 15) is 110 Å². The van der Waals surface area contributed by atoms with Crippen LogP contribution in [-0.2, 0) is 141 Å². The monoisotopic (exact) mass is 2090 g/mol. The number of rotatable bonds is 30. The fraction of sp³-hybridized carbons (Fsp3) is 0.531. The van der Waals surface area contributed by atoms with Crippen molar-refractivity contribution in [3.8, 4) is 0 Å². The zero-order chi connectivity index (χ0) is 90.5. The molecule has 0 spiro atoms. The van der Waals surface area contributed by atoms with Crippen LogP contribution in [0.4, 0.5) is 0 Å². The number of β-amino-alcohol motifs (C(OH)–C–C–N with tert-alkyl or cyclic N) is 2. The van der Waals surface area contributed by atoms with Crippen LogP contribution in [0.1, 0.15) is 14.4 Å². The molecule has 6 heterocycles. The van der Waals surface area contributed by atoms with Crippen molar-refractivity contribution < 1.29 is 321 Å². The molecule has 0 fully saturated rings. The summed E-state index contributed by atoms with van der Waals surface area (Å²) in [6.45, 7) is 2.13. The molecule has 0 saturated heterocycles. The van der Waals surface area contributed by atoms with Crippen molar-refractivity contribution in [3.63, 3.8) is 0 Å². The van der Waals surface area contributed by atoms with E-state index in [1.54, 1.807) is 44.8 Å². The minimum absolute atomic E-state index is 0. The number of methoxy groups -OCH3 is 4. The number of carbonyl (C=O) groups excluding carboxylic acids is 4. The summed E-state index contributed by atoms with van der Waals surface area (Å²) in [5, 5.41) is 51.2. The predicted molar refractivity (Wildman–Crippen MR) is 380 cm³/mol. The Hall–Kier alpha value is -4.18. The first kappa shape index (κ1) is 139. The van der Waals surface area contributed by atoms with Gasteiger partial charge in [-0.2, -0.15) is 0 Å². The van der Waals surface area contributed by atoms with E-state index in [1.807, 2.05) is 18.7 Å². The summed E-state index contributed by atoms with van der Waals surface area (Å²) in [4.78, 5) is 237. The molecule has 58 nitrogen and oxygen atoms in total. The topological polar surface area (TPSA) is 937 Å². The molecule has 1 aliphatic rings. The molecule has 0 aromatic carbocycles. The van der Waals surface area contributed by atoms with E-state index >= 15 is 0 Å². The average molecular weight is 2090 g/mol. The Morgan fingerprint density at radius 3 is 1.11 bits per heavy atom. The molecule has 1 aliphatic heterocycles. The molecule has 123 heavy (non-hydrogen) atoms. The maximum atomic E-state index is 11.3. The minimum Gasteiger partial charge on any atom is -1.00 e. The zero-order valence-electron chi connectivity index (χ0n) is 64.3. The molecule has 0 saturated carbocycles. The van der Waals surface area contributed by atoms with Crippen molar-refractivity contribution in [1.82, 2.24) is 37.3 Å². The van der Waals surface area contributed by atoms with Crippen molar-refractivity contribution in [3.05, 3.63) is 106 Å². The van der Waals surface area contributed by atoms with Crippen molar-refractivity contribution in [2.45, 2.75) is 113 Å². The first-order valence-electron chi connectivity index (χ1n) is 30.1. The van der Waals surface area contributed by atoms with Gasteiger partial charge in [-0.1, -0.05) is 31.6 Å². The van der Waals surface area contributed by atoms with Gasteiger partial charge in [-0.3, -0.25) is 27.6 Å². The number of aliphatic hydroxyl groups excluding tert-OH is 1. The van der Waals surface area contributed by atoms with Crippen LogP contribution >= 0.6 is 80.6 Å². The number of halogens is 5. The number of hydrogen-bond donors (Lipinski definition) is 19. The molecule has 0 radical (unpaired) electrons. The Labute approximate surface area is 751 Å². The predicted octanol–water partition coefficient (Wildman–Crippen LogP) is -26.3. The van der Waals surface area contributed by atoms with E-state index in [-0.39, 0.29) is 148 Å². The number of aromatic nitrogens is 10. The molecular formula is C49H92Cl5N12NaO46P9Si-5. The Morgan fingerprint density at radius 2 is 0.854 bits per heavy atom. The normalized spacial score (nSPS) is 13.9. The van der Waals surface area contributed by atoms with Crippen molar-refractivity contribution in [2.24, 2.45) is 0 Å². The number of aliphatic hydroxyl groups is 5. The van der Waals surface area contributed by atoms with Crippen LogP contribution in [0, 0.1) is 0 Å². The molecule has 6 rings (SSSR count). The standard InChI is InChI=1S/C9H13N2O4.C8H17N2O11P3.C8H10N2O4.C7H17N2O11P3.C7H12N2O9P2.C6H12N2Si.C3H5ClO2.CH4.4ClH.Na.HO3P.2H2O/c1-14-8(12)5-10-3-4-11(7-10)6-9(13)15-2;1-7(11,22(13,14)15)4-9-2-3-10(6-9)5-8(12,23(16,17)18)24(19,20)21;1-14-8(13)5-10-3-2-9(6-10)4-7(11)12;10-6(21(12,13)14)3-8-1-2-9(5-8)4-7(11,22(15,16)17)23(18,19)20;10-6(11)3-8-1-2-9(5-8)4-7(12,19(13,14)15)20(16,17)18;1-9(2,3)8-5-4-7-6-8;1-6-3(5)2-4;;;;;;;1-4(2)3;;/h3-4,7H,5-6H2,1-2H3;2-3,6,11-12H,4-5H2,1H3,(H5-,13,14,15,16,17,18,19,20,21);2-3,6H,4-5H2,1H3;1-2,6,10-11H,3-5H2,(H2,12,13,14)(H2,15,16,17)(H2,18,19,20);1-2,5,12H,3-4H2,(H4-,10,11,13,14,15,16,17,18);4-6H,1-3H3;2H2,1H3;1H4;4*1H;;(H,1,2,3);2*1H2/q+1;;;;;;;;;;;;+1;;;/p-7. The first-order chi connectivity index (χ1) is 51.8. The van der Waals surface area contributed by atoms with Gasteiger partial charge in [0.05, 0.1) is 54.5 Å². The van der Waals surface area contributed by atoms with Crippen molar-refractivity contribution in [1.29, 1.82) is 0 Å². The summed E-state index contributed by atoms with van der Waals surface area (Å²) in [6.07, 6.45) is 24.0. The number of carbonyl (C=O) groups is 6. The van der Waals surface area contributed by atoms with E-state index in [2.05, 4.69) is 47.8 Å². The first-order valence-corrected chi connectivity index (χ1v) is 48.1. The summed E-state index contributed by atoms with van der Waals surface area (Å²) < 4.78 is 127. The van der Waals surface area contributed by atoms with Crippen LogP contribution in [-0.4, -0.2) is 267 Å². The van der Waals surface area contributed by atoms with Crippen LogP contribution in [0.2, 0.25) is 19.6 Å². The Bertz CT molecular complexity index is 4350. The van der Waals surface area contributed by atoms with Gasteiger partial charge < -0.3 is 231 Å². The number of carboxylic acids is 2. The number of hydrogen-bond acceptors (Lipinski definition) is 34. The van der Waals surface area contributed by atoms with Gasteiger partial charge in [0.2, 0.25) is 30.7 Å². The van der Waals surface area contributed by atoms with Gasteiger partial charge in [0, 0.05) is 24.8 Å². The van der Waals surface area contributed by atoms with Crippen LogP contribution in [0.3, 0.4) is 0 Å². The van der Waals surface area contributed by atoms with Gasteiger partial charge in [-0.05, 0) is 14.5 Å². The van der Waals surface area contributed by atoms with Gasteiger partial charge in [-0.25, -0.2) is 65.5 Å². The van der Waals surface area contributed by atoms with E-state index in [4.69, 9.17) is 94.9 Å². The molecule has 714 valence electrons. The summed E-state index contributed by atoms with van der Waals surface area (Å²) in [6, 6.07) is 0. The largest absolute Gasteiger partial charge is 1.00 e. The van der Waals surface area contributed by atoms with E-state index in [1.165, 1.54) is 45.5 Å². The Morgan fingerprint density at radius 1 is 0.537 bits per heavy atom. The molecule has 0 aliphatic carbocycles. The molecule has 5 aromatic heterocycles. The number of esters is 4. The van der Waals surface area contributed by atoms with E-state index < -0.39 is 168 Å². The van der Waals surface area contributed by atoms with E-state index in [0.29, 0.717) is 0 Å². The quantitative estimate of drug-likeness (QED) is 0.00507. The fourth-order valence-electron chi connectivity index (χ4n) is 7.46. The molecule has 5 unspecified atom stereocenters. The number of imidazole rings is 5. The van der Waals surface area contributed by atoms with Gasteiger partial charge in [0.25, 0.3) is 8.25 Å². The molecule has 0 bridgehead atoms. The number of aliphatic carboxylic acids is 2. The number of alkyl halides is 1. The summed E-state index contributed by atoms with van der Waals surface area (Å²) in [5.41, 5.74) is 0. The Balaban J connectivity index is -0.000000153. The third-order valence-corrected chi connectivity index (χ3v) is 28.9. The second-order valence-electron chi connectivity index (χ2n) is 23.9. The van der Waals surface area contributed by atoms with Crippen molar-refractivity contribution in [2.75, 3.05) is 54.1 Å². The summed E-state index contributed by atoms with van der Waals surface area (Å²) in [5.74, 6) is -5.78. The van der Waals surface area contributed by atoms with Crippen LogP contribution in [0.25, 0.3) is 0 Å². The maximum absolute atomic E-state index is 11.3. The van der Waals surface area contributed by atoms with Crippen LogP contribution < -0.4 is 127 Å². The molecule has 0 amide bonds. The molecule has 22 N–H and O–H groups in total. The Kier molecular flexibility index (Phi) is 67.0. The fourth-order valence-corrected chi connectivity index (χ4v) is 15.3. The third kappa shape index (κ3) is 50.5. The van der Waals surface area contributed by atoms with E-state index in [0.717, 1.165) is 78.6 Å². The summed E-state index contributed by atoms with van der Waals surface area (Å²) >= 11 is 4.98. The molecule has 5 aromatic rings. The second kappa shape index (κ2) is 59.2. The zero-order valence-corrected chi connectivity index (χ0v) is 79.1. The van der Waals surface area contributed by atoms with Crippen LogP contribution in [0.5, 0.6) is 0 Å². The minimum atomic E-state index is -6.18. The van der Waals surface area contributed by atoms with Crippen molar-refractivity contribution >= 4 is 125 Å². The van der Waals surface area contributed by atoms with Gasteiger partial charge >= 0.3 is 114 Å². The summed E-state index contributed by atoms with van der Waals surface area (Å²) in [7, 11) is -43.7. The molecule has 74 heteroatoms. The maximum Gasteiger partial charge on any atom is 1.00 e.